The van der Waals surface area contributed by atoms with Gasteiger partial charge in [0.25, 0.3) is 0 Å². The molecule has 352 valence electrons. The predicted octanol–water partition coefficient (Wildman–Crippen LogP) is 5.97. The molecule has 1 atom stereocenters. The van der Waals surface area contributed by atoms with Crippen molar-refractivity contribution in [3.8, 4) is 5.75 Å². The normalized spacial score (nSPS) is 16.4. The Balaban J connectivity index is 1.27. The molecule has 63 heavy (non-hydrogen) atoms. The molecular formula is C49H79N7O6S. The van der Waals surface area contributed by atoms with Gasteiger partial charge in [-0.1, -0.05) is 73.1 Å². The van der Waals surface area contributed by atoms with Crippen molar-refractivity contribution in [3.63, 3.8) is 0 Å². The minimum absolute atomic E-state index is 0.0119. The molecule has 13 nitrogen and oxygen atoms in total. The second-order valence-corrected chi connectivity index (χ2v) is 20.1. The molecule has 2 aromatic rings. The van der Waals surface area contributed by atoms with Gasteiger partial charge in [-0.2, -0.15) is 0 Å². The summed E-state index contributed by atoms with van der Waals surface area (Å²) in [7, 11) is 1.73. The van der Waals surface area contributed by atoms with Gasteiger partial charge >= 0.3 is 5.97 Å². The number of carboxylic acids is 1. The number of allylic oxidation sites excluding steroid dienone is 2. The number of carbonyl (C=O) groups is 2. The number of rotatable bonds is 28. The topological polar surface area (TPSA) is 167 Å². The molecule has 6 N–H and O–H groups in total. The number of aliphatic carboxylic acids is 1. The van der Waals surface area contributed by atoms with Gasteiger partial charge in [-0.15, -0.1) is 11.8 Å². The van der Waals surface area contributed by atoms with Crippen LogP contribution in [0.5, 0.6) is 5.75 Å². The number of nitrogens with zero attached hydrogens (tertiary/aromatic N) is 4. The first-order valence-electron chi connectivity index (χ1n) is 23.2. The number of thioether (sulfide) groups is 1. The van der Waals surface area contributed by atoms with E-state index >= 15 is 0 Å². The predicted molar refractivity (Wildman–Crippen MR) is 259 cm³/mol. The van der Waals surface area contributed by atoms with Gasteiger partial charge in [0.05, 0.1) is 49.6 Å². The number of nitrogens with two attached hydrogens (primary N) is 1. The number of piperazine rings is 1. The van der Waals surface area contributed by atoms with Gasteiger partial charge in [-0.25, -0.2) is 4.99 Å². The number of amidine groups is 1. The summed E-state index contributed by atoms with van der Waals surface area (Å²) in [5, 5.41) is 27.6. The number of aliphatic hydroxyl groups is 1. The first-order valence-corrected chi connectivity index (χ1v) is 24.3. The van der Waals surface area contributed by atoms with Crippen molar-refractivity contribution in [1.82, 2.24) is 25.0 Å². The van der Waals surface area contributed by atoms with Crippen LogP contribution in [0.2, 0.25) is 0 Å². The standard InChI is InChI=1S/C49H79N7O6S/c1-9-11-12-21-51-46(53-43(50)14-10-2)45-36(3)19-23-56(45)32-38-17-18-39(30-41(38)61-8)49(6,7)35-62-34-48(4,5)33-55-27-25-54(26-28-55)24-22-52-47(60)42(63-29-20-44(58)59)31-40(57)37-15-13-16-37/h17-19,23,30,42,51,57H,3,9-16,20-22,24-29,31-35H2,1-2,4-8H3,(H2,50,53)(H,52,60)(H,58,59)/b46-45+. The number of benzene rings is 1. The van der Waals surface area contributed by atoms with E-state index in [0.29, 0.717) is 43.7 Å². The lowest BCUT2D eigenvalue weighted by atomic mass is 9.84. The summed E-state index contributed by atoms with van der Waals surface area (Å²) in [4.78, 5) is 33.9. The number of nitrogens with one attached hydrogen (secondary N) is 2. The lowest BCUT2D eigenvalue weighted by Crippen LogP contribution is -2.51. The van der Waals surface area contributed by atoms with E-state index in [4.69, 9.17) is 25.3 Å². The monoisotopic (exact) mass is 894 g/mol. The van der Waals surface area contributed by atoms with Crippen LogP contribution in [0.3, 0.4) is 0 Å². The van der Waals surface area contributed by atoms with E-state index in [2.05, 4.69) is 97.5 Å². The van der Waals surface area contributed by atoms with Crippen molar-refractivity contribution in [3.05, 3.63) is 63.5 Å². The Morgan fingerprint density at radius 1 is 0.968 bits per heavy atom. The third kappa shape index (κ3) is 16.8. The minimum Gasteiger partial charge on any atom is -0.512 e. The number of carbonyl (C=O) groups excluding carboxylic acids is 1. The fourth-order valence-electron chi connectivity index (χ4n) is 8.05. The number of amides is 1. The average Bonchev–Trinajstić information content (AvgIpc) is 3.57. The van der Waals surface area contributed by atoms with Crippen molar-refractivity contribution in [2.75, 3.05) is 78.4 Å². The second-order valence-electron chi connectivity index (χ2n) is 18.7. The van der Waals surface area contributed by atoms with Gasteiger partial charge in [0.2, 0.25) is 5.91 Å². The average molecular weight is 894 g/mol. The second kappa shape index (κ2) is 25.5. The van der Waals surface area contributed by atoms with Crippen molar-refractivity contribution in [2.24, 2.45) is 16.1 Å². The molecule has 0 radical (unpaired) electrons. The molecule has 4 rings (SSSR count). The van der Waals surface area contributed by atoms with Crippen LogP contribution >= 0.6 is 11.8 Å². The highest BCUT2D eigenvalue weighted by Gasteiger charge is 2.29. The van der Waals surface area contributed by atoms with Crippen LogP contribution in [0.15, 0.2) is 46.8 Å². The van der Waals surface area contributed by atoms with Gasteiger partial charge in [0, 0.05) is 93.5 Å². The number of methoxy groups -OCH3 is 1. The molecule has 1 aliphatic carbocycles. The molecule has 14 heteroatoms. The Morgan fingerprint density at radius 3 is 2.35 bits per heavy atom. The van der Waals surface area contributed by atoms with Gasteiger partial charge in [-0.05, 0) is 60.6 Å². The van der Waals surface area contributed by atoms with Crippen LogP contribution in [0.4, 0.5) is 0 Å². The van der Waals surface area contributed by atoms with Crippen LogP contribution in [-0.4, -0.2) is 126 Å². The van der Waals surface area contributed by atoms with E-state index in [0.717, 1.165) is 136 Å². The zero-order valence-corrected chi connectivity index (χ0v) is 40.3. The number of aliphatic hydroxyl groups excluding tert-OH is 1. The first-order chi connectivity index (χ1) is 30.0. The minimum atomic E-state index is -0.885. The summed E-state index contributed by atoms with van der Waals surface area (Å²) in [6.07, 6.45) is 10.1. The number of aromatic nitrogens is 1. The first kappa shape index (κ1) is 51.7. The van der Waals surface area contributed by atoms with E-state index in [1.54, 1.807) is 7.11 Å². The number of ether oxygens (including phenoxy) is 2. The number of hydrogen-bond acceptors (Lipinski definition) is 10. The number of unbranched alkanes of at least 4 members (excludes halogenated alkanes) is 2. The zero-order valence-electron chi connectivity index (χ0n) is 39.5. The molecule has 1 saturated heterocycles. The van der Waals surface area contributed by atoms with Crippen molar-refractivity contribution >= 4 is 41.9 Å². The summed E-state index contributed by atoms with van der Waals surface area (Å²) < 4.78 is 14.7. The zero-order chi connectivity index (χ0) is 46.0. The number of hydrogen-bond donors (Lipinski definition) is 5. The highest BCUT2D eigenvalue weighted by molar-refractivity contribution is 8.00. The highest BCUT2D eigenvalue weighted by atomic mass is 32.2. The molecule has 0 bridgehead atoms. The van der Waals surface area contributed by atoms with Gasteiger partial charge in [0.15, 0.2) is 5.82 Å². The van der Waals surface area contributed by atoms with Crippen molar-refractivity contribution in [1.29, 1.82) is 0 Å². The van der Waals surface area contributed by atoms with E-state index < -0.39 is 11.2 Å². The Hall–Kier alpha value is -3.98. The molecule has 1 unspecified atom stereocenters. The maximum atomic E-state index is 13.1. The van der Waals surface area contributed by atoms with E-state index in [1.807, 2.05) is 6.07 Å². The van der Waals surface area contributed by atoms with Crippen LogP contribution in [0.25, 0.3) is 12.4 Å². The fourth-order valence-corrected chi connectivity index (χ4v) is 9.14. The molecule has 1 amide bonds. The lowest BCUT2D eigenvalue weighted by molar-refractivity contribution is -0.136. The maximum Gasteiger partial charge on any atom is 0.304 e. The van der Waals surface area contributed by atoms with Gasteiger partial charge in [-0.3, -0.25) is 14.5 Å². The Bertz CT molecular complexity index is 1950. The molecule has 1 saturated carbocycles. The Labute approximate surface area is 381 Å². The summed E-state index contributed by atoms with van der Waals surface area (Å²) in [6, 6.07) is 8.52. The molecule has 1 aromatic heterocycles. The SMILES string of the molecule is C=c1ccn(Cc2ccc(C(C)(C)COCC(C)(C)CN3CCN(CCNC(=O)C(CC(O)=C4CCC4)SCCC(=O)O)CC3)cc2OC)/c1=C(/N=C(/N)CCC)NCCCCC. The molecule has 1 aliphatic heterocycles. The molecule has 2 fully saturated rings. The molecule has 2 aliphatic rings. The number of aliphatic imine (C=N–C) groups is 1. The molecule has 2 heterocycles. The smallest absolute Gasteiger partial charge is 0.304 e. The van der Waals surface area contributed by atoms with E-state index in [1.165, 1.54) is 11.8 Å². The van der Waals surface area contributed by atoms with Gasteiger partial charge in [0.1, 0.15) is 11.6 Å². The third-order valence-corrected chi connectivity index (χ3v) is 13.2. The van der Waals surface area contributed by atoms with Crippen LogP contribution < -0.4 is 31.7 Å². The van der Waals surface area contributed by atoms with Gasteiger partial charge < -0.3 is 45.5 Å². The summed E-state index contributed by atoms with van der Waals surface area (Å²) >= 11 is 1.31. The summed E-state index contributed by atoms with van der Waals surface area (Å²) in [5.41, 5.74) is 9.28. The summed E-state index contributed by atoms with van der Waals surface area (Å²) in [6.45, 7) is 26.1. The summed E-state index contributed by atoms with van der Waals surface area (Å²) in [5.74, 6) is 1.81. The Morgan fingerprint density at radius 2 is 1.70 bits per heavy atom. The quantitative estimate of drug-likeness (QED) is 0.0296. The molecule has 0 spiro atoms. The number of carboxylic acid groups (broad SMARTS) is 1. The van der Waals surface area contributed by atoms with E-state index in [-0.39, 0.29) is 29.6 Å². The largest absolute Gasteiger partial charge is 0.512 e. The maximum absolute atomic E-state index is 13.1. The lowest BCUT2D eigenvalue weighted by Gasteiger charge is -2.39. The fraction of sp³-hybridized carbons (Fsp3) is 0.653. The third-order valence-electron chi connectivity index (χ3n) is 12.0. The van der Waals surface area contributed by atoms with Crippen LogP contribution in [-0.2, 0) is 26.3 Å². The van der Waals surface area contributed by atoms with Crippen molar-refractivity contribution < 1.29 is 29.3 Å². The molecule has 1 aromatic carbocycles. The van der Waals surface area contributed by atoms with Crippen molar-refractivity contribution in [2.45, 2.75) is 123 Å². The Kier molecular flexibility index (Phi) is 20.9. The van der Waals surface area contributed by atoms with Crippen LogP contribution in [0.1, 0.15) is 117 Å². The molecular weight excluding hydrogens is 815 g/mol. The highest BCUT2D eigenvalue weighted by Crippen LogP contribution is 2.32. The van der Waals surface area contributed by atoms with Crippen LogP contribution in [0, 0.1) is 5.41 Å². The van der Waals surface area contributed by atoms with E-state index in [9.17, 15) is 14.7 Å².